The monoisotopic (exact) mass is 416 g/mol. The number of anilines is 1. The van der Waals surface area contributed by atoms with Gasteiger partial charge in [0.2, 0.25) is 0 Å². The first-order valence-electron chi connectivity index (χ1n) is 9.75. The smallest absolute Gasteiger partial charge is 0.410 e. The summed E-state index contributed by atoms with van der Waals surface area (Å²) < 4.78 is 5.49. The van der Waals surface area contributed by atoms with E-state index in [0.29, 0.717) is 41.2 Å². The third kappa shape index (κ3) is 4.24. The van der Waals surface area contributed by atoms with E-state index in [-0.39, 0.29) is 11.8 Å². The molecule has 0 radical (unpaired) electrons. The molecule has 3 heterocycles. The van der Waals surface area contributed by atoms with Crippen LogP contribution in [0.5, 0.6) is 5.75 Å². The van der Waals surface area contributed by atoms with E-state index in [0.717, 1.165) is 18.9 Å². The highest BCUT2D eigenvalue weighted by Crippen LogP contribution is 2.35. The minimum absolute atomic E-state index is 0.0810. The molecule has 29 heavy (non-hydrogen) atoms. The van der Waals surface area contributed by atoms with Crippen LogP contribution in [0.15, 0.2) is 30.3 Å². The number of amides is 1. The Bertz CT molecular complexity index is 899. The summed E-state index contributed by atoms with van der Waals surface area (Å²) in [5.41, 5.74) is 0.717. The number of carbonyl (C=O) groups is 1. The second-order valence-electron chi connectivity index (χ2n) is 8.75. The molecular formula is C21H25ClN4O3. The van der Waals surface area contributed by atoms with Crippen LogP contribution in [0.2, 0.25) is 5.02 Å². The summed E-state index contributed by atoms with van der Waals surface area (Å²) in [4.78, 5) is 16.3. The van der Waals surface area contributed by atoms with Crippen molar-refractivity contribution in [2.75, 3.05) is 31.1 Å². The van der Waals surface area contributed by atoms with E-state index in [1.54, 1.807) is 12.1 Å². The van der Waals surface area contributed by atoms with E-state index in [1.165, 1.54) is 6.07 Å². The molecule has 2 saturated heterocycles. The quantitative estimate of drug-likeness (QED) is 0.802. The van der Waals surface area contributed by atoms with Crippen molar-refractivity contribution in [3.63, 3.8) is 0 Å². The maximum atomic E-state index is 12.3. The summed E-state index contributed by atoms with van der Waals surface area (Å²) in [5, 5.41) is 19.2. The Labute approximate surface area is 175 Å². The van der Waals surface area contributed by atoms with Crippen molar-refractivity contribution in [3.8, 4) is 17.0 Å². The molecule has 8 heteroatoms. The van der Waals surface area contributed by atoms with Crippen LogP contribution < -0.4 is 4.90 Å². The van der Waals surface area contributed by atoms with Crippen LogP contribution in [0.4, 0.5) is 10.6 Å². The number of aromatic nitrogens is 2. The van der Waals surface area contributed by atoms with Gasteiger partial charge in [-0.15, -0.1) is 10.2 Å². The van der Waals surface area contributed by atoms with Gasteiger partial charge >= 0.3 is 6.09 Å². The number of phenols is 1. The van der Waals surface area contributed by atoms with Crippen molar-refractivity contribution in [2.24, 2.45) is 11.8 Å². The van der Waals surface area contributed by atoms with Gasteiger partial charge in [0.25, 0.3) is 0 Å². The molecule has 1 N–H and O–H groups in total. The van der Waals surface area contributed by atoms with Crippen molar-refractivity contribution in [3.05, 3.63) is 35.4 Å². The Morgan fingerprint density at radius 3 is 2.34 bits per heavy atom. The Hall–Kier alpha value is -2.54. The first-order valence-corrected chi connectivity index (χ1v) is 10.1. The molecule has 0 saturated carbocycles. The molecule has 0 aliphatic carbocycles. The number of benzene rings is 1. The number of carbonyl (C=O) groups excluding carboxylic acids is 1. The lowest BCUT2D eigenvalue weighted by Gasteiger charge is -2.26. The van der Waals surface area contributed by atoms with E-state index < -0.39 is 5.60 Å². The molecule has 1 aromatic heterocycles. The number of hydrogen-bond acceptors (Lipinski definition) is 6. The Kier molecular flexibility index (Phi) is 5.02. The van der Waals surface area contributed by atoms with E-state index in [4.69, 9.17) is 16.3 Å². The number of nitrogens with zero attached hydrogens (tertiary/aromatic N) is 4. The highest BCUT2D eigenvalue weighted by molar-refractivity contribution is 6.30. The standard InChI is InChI=1S/C21H25ClN4O3/c1-21(2,3)29-20(28)26-11-13-9-25(10-14(13)12-26)19-7-6-17(23-24-19)16-5-4-15(22)8-18(16)27/h4-8,13-14,27H,9-12H2,1-3H3. The fraction of sp³-hybridized carbons (Fsp3) is 0.476. The molecule has 2 atom stereocenters. The van der Waals surface area contributed by atoms with Crippen molar-refractivity contribution >= 4 is 23.5 Å². The largest absolute Gasteiger partial charge is 0.507 e. The van der Waals surface area contributed by atoms with Crippen LogP contribution in [-0.2, 0) is 4.74 Å². The number of ether oxygens (including phenoxy) is 1. The predicted molar refractivity (Wildman–Crippen MR) is 111 cm³/mol. The number of likely N-dealkylation sites (tertiary alicyclic amines) is 1. The maximum Gasteiger partial charge on any atom is 0.410 e. The SMILES string of the molecule is CC(C)(C)OC(=O)N1CC2CN(c3ccc(-c4ccc(Cl)cc4O)nn3)CC2C1. The predicted octanol–water partition coefficient (Wildman–Crippen LogP) is 3.81. The summed E-state index contributed by atoms with van der Waals surface area (Å²) in [5.74, 6) is 1.70. The van der Waals surface area contributed by atoms with E-state index in [9.17, 15) is 9.90 Å². The zero-order chi connectivity index (χ0) is 20.8. The van der Waals surface area contributed by atoms with Crippen LogP contribution in [0.3, 0.4) is 0 Å². The van der Waals surface area contributed by atoms with Crippen LogP contribution in [0, 0.1) is 11.8 Å². The summed E-state index contributed by atoms with van der Waals surface area (Å²) in [6.07, 6.45) is -0.231. The van der Waals surface area contributed by atoms with Crippen molar-refractivity contribution < 1.29 is 14.6 Å². The molecule has 2 aromatic rings. The molecule has 7 nitrogen and oxygen atoms in total. The normalized spacial score (nSPS) is 21.4. The summed E-state index contributed by atoms with van der Waals surface area (Å²) in [7, 11) is 0. The summed E-state index contributed by atoms with van der Waals surface area (Å²) in [6, 6.07) is 8.71. The zero-order valence-corrected chi connectivity index (χ0v) is 17.6. The minimum atomic E-state index is -0.476. The van der Waals surface area contributed by atoms with E-state index >= 15 is 0 Å². The van der Waals surface area contributed by atoms with Crippen molar-refractivity contribution in [2.45, 2.75) is 26.4 Å². The van der Waals surface area contributed by atoms with Crippen LogP contribution in [0.1, 0.15) is 20.8 Å². The van der Waals surface area contributed by atoms with Crippen LogP contribution in [0.25, 0.3) is 11.3 Å². The maximum absolute atomic E-state index is 12.3. The summed E-state index contributed by atoms with van der Waals surface area (Å²) >= 11 is 5.89. The molecule has 2 aliphatic rings. The fourth-order valence-corrected chi connectivity index (χ4v) is 4.18. The third-order valence-electron chi connectivity index (χ3n) is 5.35. The molecule has 1 aromatic carbocycles. The fourth-order valence-electron chi connectivity index (χ4n) is 4.01. The van der Waals surface area contributed by atoms with Crippen molar-refractivity contribution in [1.82, 2.24) is 15.1 Å². The number of aromatic hydroxyl groups is 1. The van der Waals surface area contributed by atoms with E-state index in [2.05, 4.69) is 15.1 Å². The number of halogens is 1. The lowest BCUT2D eigenvalue weighted by Crippen LogP contribution is -2.37. The molecule has 2 unspecified atom stereocenters. The van der Waals surface area contributed by atoms with Gasteiger partial charge in [-0.3, -0.25) is 0 Å². The number of hydrogen-bond donors (Lipinski definition) is 1. The molecule has 1 amide bonds. The van der Waals surface area contributed by atoms with Crippen LogP contribution in [-0.4, -0.2) is 58.1 Å². The van der Waals surface area contributed by atoms with Gasteiger partial charge in [-0.25, -0.2) is 4.79 Å². The molecule has 0 spiro atoms. The van der Waals surface area contributed by atoms with Gasteiger partial charge in [-0.1, -0.05) is 11.6 Å². The van der Waals surface area contributed by atoms with Gasteiger partial charge < -0.3 is 19.6 Å². The molecular weight excluding hydrogens is 392 g/mol. The van der Waals surface area contributed by atoms with Gasteiger partial charge in [-0.2, -0.15) is 0 Å². The second kappa shape index (κ2) is 7.37. The molecule has 2 aliphatic heterocycles. The van der Waals surface area contributed by atoms with Crippen molar-refractivity contribution in [1.29, 1.82) is 0 Å². The number of rotatable bonds is 2. The third-order valence-corrected chi connectivity index (χ3v) is 5.58. The minimum Gasteiger partial charge on any atom is -0.507 e. The van der Waals surface area contributed by atoms with Gasteiger partial charge in [0.15, 0.2) is 5.82 Å². The van der Waals surface area contributed by atoms with Gasteiger partial charge in [-0.05, 0) is 51.1 Å². The lowest BCUT2D eigenvalue weighted by molar-refractivity contribution is 0.0282. The van der Waals surface area contributed by atoms with Gasteiger partial charge in [0.1, 0.15) is 11.4 Å². The van der Waals surface area contributed by atoms with Gasteiger partial charge in [0, 0.05) is 48.6 Å². The second-order valence-corrected chi connectivity index (χ2v) is 9.19. The molecule has 4 rings (SSSR count). The van der Waals surface area contributed by atoms with E-state index in [1.807, 2.05) is 37.8 Å². The summed E-state index contributed by atoms with van der Waals surface area (Å²) in [6.45, 7) is 8.75. The van der Waals surface area contributed by atoms with Crippen LogP contribution >= 0.6 is 11.6 Å². The molecule has 2 fully saturated rings. The topological polar surface area (TPSA) is 78.8 Å². The Balaban J connectivity index is 1.39. The molecule has 0 bridgehead atoms. The Morgan fingerprint density at radius 1 is 1.10 bits per heavy atom. The average molecular weight is 417 g/mol. The lowest BCUT2D eigenvalue weighted by atomic mass is 10.0. The Morgan fingerprint density at radius 2 is 1.79 bits per heavy atom. The molecule has 154 valence electrons. The first-order chi connectivity index (χ1) is 13.7. The zero-order valence-electron chi connectivity index (χ0n) is 16.8. The number of phenolic OH excluding ortho intramolecular Hbond substituents is 1. The highest BCUT2D eigenvalue weighted by Gasteiger charge is 2.43. The average Bonchev–Trinajstić information content (AvgIpc) is 3.20. The number of fused-ring (bicyclic) bond motifs is 1. The van der Waals surface area contributed by atoms with Gasteiger partial charge in [0.05, 0.1) is 5.69 Å². The highest BCUT2D eigenvalue weighted by atomic mass is 35.5. The first kappa shape index (κ1) is 19.8.